The highest BCUT2D eigenvalue weighted by Gasteiger charge is 2.29. The number of methoxy groups -OCH3 is 1. The molecule has 0 N–H and O–H groups in total. The Morgan fingerprint density at radius 2 is 2.03 bits per heavy atom. The maximum absolute atomic E-state index is 14.3. The summed E-state index contributed by atoms with van der Waals surface area (Å²) in [5.74, 6) is 0.371. The van der Waals surface area contributed by atoms with Crippen LogP contribution in [0.3, 0.4) is 0 Å². The molecular weight excluding hydrogens is 393 g/mol. The molecular formula is C25H26FN3O2. The highest BCUT2D eigenvalue weighted by molar-refractivity contribution is 5.98. The third-order valence-electron chi connectivity index (χ3n) is 5.74. The van der Waals surface area contributed by atoms with Crippen LogP contribution < -0.4 is 4.74 Å². The zero-order chi connectivity index (χ0) is 22.0. The van der Waals surface area contributed by atoms with Gasteiger partial charge in [0.15, 0.2) is 0 Å². The van der Waals surface area contributed by atoms with E-state index in [1.807, 2.05) is 48.9 Å². The maximum atomic E-state index is 14.3. The largest absolute Gasteiger partial charge is 0.495 e. The Bertz CT molecular complexity index is 1140. The van der Waals surface area contributed by atoms with Gasteiger partial charge in [0.1, 0.15) is 11.6 Å². The Morgan fingerprint density at radius 3 is 2.74 bits per heavy atom. The van der Waals surface area contributed by atoms with E-state index < -0.39 is 0 Å². The number of rotatable bonds is 5. The molecule has 0 aliphatic carbocycles. The van der Waals surface area contributed by atoms with Gasteiger partial charge < -0.3 is 14.2 Å². The SMILES string of the molecule is COc1cc(C=C2CCCN([C@@H](C)c3ccccc3F)C2=O)ccc1-n1cnc(C)c1. The molecule has 1 aromatic heterocycles. The van der Waals surface area contributed by atoms with Gasteiger partial charge in [-0.2, -0.15) is 0 Å². The van der Waals surface area contributed by atoms with E-state index in [4.69, 9.17) is 4.74 Å². The van der Waals surface area contributed by atoms with Gasteiger partial charge >= 0.3 is 0 Å². The van der Waals surface area contributed by atoms with Gasteiger partial charge in [0.2, 0.25) is 5.91 Å². The van der Waals surface area contributed by atoms with Crippen LogP contribution in [-0.4, -0.2) is 34.0 Å². The first kappa shape index (κ1) is 20.8. The fraction of sp³-hybridized carbons (Fsp3) is 0.280. The van der Waals surface area contributed by atoms with Gasteiger partial charge in [0.05, 0.1) is 30.9 Å². The van der Waals surface area contributed by atoms with Crippen LogP contribution in [0.15, 0.2) is 60.6 Å². The van der Waals surface area contributed by atoms with Crippen LogP contribution in [0.5, 0.6) is 5.75 Å². The number of likely N-dealkylation sites (tertiary alicyclic amines) is 1. The number of carbonyl (C=O) groups is 1. The molecule has 5 nitrogen and oxygen atoms in total. The minimum absolute atomic E-state index is 0.0460. The number of nitrogens with zero attached hydrogens (tertiary/aromatic N) is 3. The number of piperidine rings is 1. The average Bonchev–Trinajstić information content (AvgIpc) is 3.21. The van der Waals surface area contributed by atoms with E-state index in [9.17, 15) is 9.18 Å². The summed E-state index contributed by atoms with van der Waals surface area (Å²) in [5, 5.41) is 0. The minimum atomic E-state index is -0.321. The number of aromatic nitrogens is 2. The molecule has 0 bridgehead atoms. The van der Waals surface area contributed by atoms with E-state index in [0.29, 0.717) is 24.3 Å². The van der Waals surface area contributed by atoms with E-state index in [1.165, 1.54) is 6.07 Å². The van der Waals surface area contributed by atoms with Crippen LogP contribution in [0.1, 0.15) is 42.6 Å². The molecule has 1 aliphatic heterocycles. The van der Waals surface area contributed by atoms with E-state index >= 15 is 0 Å². The van der Waals surface area contributed by atoms with Gasteiger partial charge in [-0.1, -0.05) is 24.3 Å². The van der Waals surface area contributed by atoms with Crippen LogP contribution >= 0.6 is 0 Å². The molecule has 3 aromatic rings. The van der Waals surface area contributed by atoms with Crippen molar-refractivity contribution in [2.75, 3.05) is 13.7 Å². The molecule has 2 aromatic carbocycles. The Hall–Kier alpha value is -3.41. The van der Waals surface area contributed by atoms with Gasteiger partial charge in [-0.15, -0.1) is 0 Å². The van der Waals surface area contributed by atoms with Crippen molar-refractivity contribution in [1.29, 1.82) is 0 Å². The smallest absolute Gasteiger partial charge is 0.250 e. The molecule has 0 unspecified atom stereocenters. The summed E-state index contributed by atoms with van der Waals surface area (Å²) in [6.45, 7) is 4.43. The highest BCUT2D eigenvalue weighted by atomic mass is 19.1. The summed E-state index contributed by atoms with van der Waals surface area (Å²) in [6, 6.07) is 12.2. The topological polar surface area (TPSA) is 47.4 Å². The normalized spacial score (nSPS) is 16.6. The average molecular weight is 420 g/mol. The van der Waals surface area contributed by atoms with Gasteiger partial charge in [-0.3, -0.25) is 4.79 Å². The van der Waals surface area contributed by atoms with Crippen molar-refractivity contribution in [3.63, 3.8) is 0 Å². The van der Waals surface area contributed by atoms with Crippen LogP contribution in [-0.2, 0) is 4.79 Å². The molecule has 31 heavy (non-hydrogen) atoms. The third kappa shape index (κ3) is 4.24. The van der Waals surface area contributed by atoms with Crippen molar-refractivity contribution < 1.29 is 13.9 Å². The number of hydrogen-bond acceptors (Lipinski definition) is 3. The molecule has 1 amide bonds. The number of hydrogen-bond donors (Lipinski definition) is 0. The summed E-state index contributed by atoms with van der Waals surface area (Å²) in [4.78, 5) is 19.2. The number of ether oxygens (including phenoxy) is 1. The monoisotopic (exact) mass is 419 g/mol. The second-order valence-electron chi connectivity index (χ2n) is 7.82. The molecule has 1 atom stereocenters. The van der Waals surface area contributed by atoms with E-state index in [1.54, 1.807) is 36.5 Å². The Kier molecular flexibility index (Phi) is 5.89. The lowest BCUT2D eigenvalue weighted by Crippen LogP contribution is -2.39. The first-order chi connectivity index (χ1) is 15.0. The second kappa shape index (κ2) is 8.76. The number of aryl methyl sites for hydroxylation is 1. The number of halogens is 1. The molecule has 0 spiro atoms. The lowest BCUT2D eigenvalue weighted by molar-refractivity contribution is -0.130. The summed E-state index contributed by atoms with van der Waals surface area (Å²) in [5.41, 5.74) is 3.96. The molecule has 1 saturated heterocycles. The number of imidazole rings is 1. The molecule has 0 saturated carbocycles. The molecule has 2 heterocycles. The van der Waals surface area contributed by atoms with Crippen LogP contribution in [0.25, 0.3) is 11.8 Å². The van der Waals surface area contributed by atoms with Crippen LogP contribution in [0.4, 0.5) is 4.39 Å². The Balaban J connectivity index is 1.61. The first-order valence-corrected chi connectivity index (χ1v) is 10.4. The van der Waals surface area contributed by atoms with Crippen LogP contribution in [0, 0.1) is 12.7 Å². The fourth-order valence-corrected chi connectivity index (χ4v) is 4.07. The fourth-order valence-electron chi connectivity index (χ4n) is 4.07. The second-order valence-corrected chi connectivity index (χ2v) is 7.82. The van der Waals surface area contributed by atoms with Gasteiger partial charge in [-0.05, 0) is 56.5 Å². The predicted molar refractivity (Wildman–Crippen MR) is 119 cm³/mol. The predicted octanol–water partition coefficient (Wildman–Crippen LogP) is 5.10. The molecule has 0 radical (unpaired) electrons. The summed E-state index contributed by atoms with van der Waals surface area (Å²) >= 11 is 0. The zero-order valence-electron chi connectivity index (χ0n) is 18.0. The summed E-state index contributed by atoms with van der Waals surface area (Å²) in [6.07, 6.45) is 7.14. The van der Waals surface area contributed by atoms with E-state index in [0.717, 1.165) is 28.9 Å². The standard InChI is InChI=1S/C25H26FN3O2/c1-17-15-28(16-27-17)23-11-10-19(14-24(23)31-3)13-20-7-6-12-29(25(20)30)18(2)21-8-4-5-9-22(21)26/h4-5,8-11,13-16,18H,6-7,12H2,1-3H3/t18-/m0/s1. The van der Waals surface area contributed by atoms with Crippen molar-refractivity contribution >= 4 is 12.0 Å². The summed E-state index contributed by atoms with van der Waals surface area (Å²) in [7, 11) is 1.63. The molecule has 6 heteroatoms. The van der Waals surface area contributed by atoms with Gasteiger partial charge in [0, 0.05) is 23.9 Å². The van der Waals surface area contributed by atoms with Crippen molar-refractivity contribution in [3.8, 4) is 11.4 Å². The molecule has 160 valence electrons. The maximum Gasteiger partial charge on any atom is 0.250 e. The number of benzene rings is 2. The lowest BCUT2D eigenvalue weighted by Gasteiger charge is -2.34. The van der Waals surface area contributed by atoms with E-state index in [-0.39, 0.29) is 17.8 Å². The van der Waals surface area contributed by atoms with Gasteiger partial charge in [0.25, 0.3) is 0 Å². The minimum Gasteiger partial charge on any atom is -0.495 e. The first-order valence-electron chi connectivity index (χ1n) is 10.4. The molecule has 4 rings (SSSR count). The lowest BCUT2D eigenvalue weighted by atomic mass is 9.97. The summed E-state index contributed by atoms with van der Waals surface area (Å²) < 4.78 is 21.7. The van der Waals surface area contributed by atoms with E-state index in [2.05, 4.69) is 4.98 Å². The van der Waals surface area contributed by atoms with Crippen molar-refractivity contribution in [1.82, 2.24) is 14.5 Å². The number of carbonyl (C=O) groups excluding carboxylic acids is 1. The van der Waals surface area contributed by atoms with Crippen molar-refractivity contribution in [2.45, 2.75) is 32.7 Å². The Labute approximate surface area is 181 Å². The van der Waals surface area contributed by atoms with Crippen LogP contribution in [0.2, 0.25) is 0 Å². The quantitative estimate of drug-likeness (QED) is 0.541. The zero-order valence-corrected chi connectivity index (χ0v) is 18.0. The molecule has 1 aliphatic rings. The Morgan fingerprint density at radius 1 is 1.23 bits per heavy atom. The highest BCUT2D eigenvalue weighted by Crippen LogP contribution is 2.31. The third-order valence-corrected chi connectivity index (χ3v) is 5.74. The van der Waals surface area contributed by atoms with Gasteiger partial charge in [-0.25, -0.2) is 9.37 Å². The van der Waals surface area contributed by atoms with Crippen molar-refractivity contribution in [3.05, 3.63) is 83.2 Å². The molecule has 1 fully saturated rings. The van der Waals surface area contributed by atoms with Crippen molar-refractivity contribution in [2.24, 2.45) is 0 Å². The number of amides is 1.